The molecule has 0 fully saturated rings. The van der Waals surface area contributed by atoms with Gasteiger partial charge in [0.1, 0.15) is 5.60 Å². The van der Waals surface area contributed by atoms with Crippen LogP contribution in [0.25, 0.3) is 0 Å². The van der Waals surface area contributed by atoms with Crippen molar-refractivity contribution in [2.75, 3.05) is 4.90 Å². The Hall–Kier alpha value is -1.55. The number of carbonyl (C=O) groups excluding carboxylic acids is 2. The van der Waals surface area contributed by atoms with E-state index in [0.29, 0.717) is 10.7 Å². The fraction of sp³-hybridized carbons (Fsp3) is 0.385. The molecular formula is C13H16ClNO3. The highest BCUT2D eigenvalue weighted by Crippen LogP contribution is 2.26. The SMILES string of the molecule is CC(=O)N(C(=O)OC(C)(C)C)c1ccccc1Cl. The van der Waals surface area contributed by atoms with Crippen molar-refractivity contribution >= 4 is 29.3 Å². The first-order chi connectivity index (χ1) is 8.22. The van der Waals surface area contributed by atoms with Crippen LogP contribution in [-0.4, -0.2) is 17.6 Å². The summed E-state index contributed by atoms with van der Waals surface area (Å²) in [6.45, 7) is 6.48. The Bertz CT molecular complexity index is 466. The maximum atomic E-state index is 12.0. The molecule has 0 aromatic heterocycles. The van der Waals surface area contributed by atoms with Crippen LogP contribution in [0.3, 0.4) is 0 Å². The van der Waals surface area contributed by atoms with Crippen LogP contribution in [0.1, 0.15) is 27.7 Å². The lowest BCUT2D eigenvalue weighted by atomic mass is 10.2. The fourth-order valence-electron chi connectivity index (χ4n) is 1.34. The molecule has 0 aliphatic carbocycles. The number of amides is 2. The molecule has 0 aliphatic heterocycles. The molecule has 5 heteroatoms. The summed E-state index contributed by atoms with van der Waals surface area (Å²) in [5.41, 5.74) is -0.354. The quantitative estimate of drug-likeness (QED) is 0.782. The lowest BCUT2D eigenvalue weighted by Gasteiger charge is -2.25. The van der Waals surface area contributed by atoms with E-state index in [1.807, 2.05) is 0 Å². The second-order valence-electron chi connectivity index (χ2n) is 4.79. The number of imide groups is 1. The van der Waals surface area contributed by atoms with E-state index < -0.39 is 17.6 Å². The summed E-state index contributed by atoms with van der Waals surface area (Å²) in [5, 5.41) is 0.318. The molecular weight excluding hydrogens is 254 g/mol. The van der Waals surface area contributed by atoms with Crippen molar-refractivity contribution in [2.24, 2.45) is 0 Å². The van der Waals surface area contributed by atoms with Crippen molar-refractivity contribution in [1.82, 2.24) is 0 Å². The van der Waals surface area contributed by atoms with E-state index in [1.54, 1.807) is 45.0 Å². The largest absolute Gasteiger partial charge is 0.443 e. The first-order valence-corrected chi connectivity index (χ1v) is 5.88. The number of carbonyl (C=O) groups is 2. The summed E-state index contributed by atoms with van der Waals surface area (Å²) in [5.74, 6) is -0.447. The van der Waals surface area contributed by atoms with Gasteiger partial charge in [0.15, 0.2) is 0 Å². The van der Waals surface area contributed by atoms with Crippen LogP contribution in [0.5, 0.6) is 0 Å². The summed E-state index contributed by atoms with van der Waals surface area (Å²) >= 11 is 5.98. The molecule has 0 spiro atoms. The first kappa shape index (κ1) is 14.5. The molecule has 1 rings (SSSR count). The maximum Gasteiger partial charge on any atom is 0.421 e. The number of anilines is 1. The topological polar surface area (TPSA) is 46.6 Å². The number of halogens is 1. The van der Waals surface area contributed by atoms with E-state index in [4.69, 9.17) is 16.3 Å². The van der Waals surface area contributed by atoms with Gasteiger partial charge in [-0.25, -0.2) is 9.69 Å². The standard InChI is InChI=1S/C13H16ClNO3/c1-9(16)15(12(17)18-13(2,3)4)11-8-6-5-7-10(11)14/h5-8H,1-4H3. The van der Waals surface area contributed by atoms with Gasteiger partial charge < -0.3 is 4.74 Å². The van der Waals surface area contributed by atoms with Crippen LogP contribution in [0, 0.1) is 0 Å². The van der Waals surface area contributed by atoms with Crippen LogP contribution >= 0.6 is 11.6 Å². The first-order valence-electron chi connectivity index (χ1n) is 5.50. The molecule has 1 aromatic carbocycles. The highest BCUT2D eigenvalue weighted by Gasteiger charge is 2.27. The zero-order valence-corrected chi connectivity index (χ0v) is 11.6. The molecule has 0 saturated carbocycles. The molecule has 0 radical (unpaired) electrons. The molecule has 98 valence electrons. The van der Waals surface area contributed by atoms with Gasteiger partial charge in [0, 0.05) is 6.92 Å². The van der Waals surface area contributed by atoms with Gasteiger partial charge in [-0.2, -0.15) is 0 Å². The Morgan fingerprint density at radius 1 is 1.22 bits per heavy atom. The average molecular weight is 270 g/mol. The van der Waals surface area contributed by atoms with Crippen LogP contribution in [0.15, 0.2) is 24.3 Å². The number of ether oxygens (including phenoxy) is 1. The number of hydrogen-bond donors (Lipinski definition) is 0. The van der Waals surface area contributed by atoms with E-state index in [-0.39, 0.29) is 0 Å². The number of hydrogen-bond acceptors (Lipinski definition) is 3. The molecule has 4 nitrogen and oxygen atoms in total. The molecule has 2 amide bonds. The van der Waals surface area contributed by atoms with Crippen molar-refractivity contribution in [3.8, 4) is 0 Å². The van der Waals surface area contributed by atoms with Crippen molar-refractivity contribution in [2.45, 2.75) is 33.3 Å². The minimum absolute atomic E-state index is 0.318. The van der Waals surface area contributed by atoms with E-state index in [1.165, 1.54) is 6.92 Å². The summed E-state index contributed by atoms with van der Waals surface area (Å²) in [4.78, 5) is 24.5. The van der Waals surface area contributed by atoms with Crippen LogP contribution in [-0.2, 0) is 9.53 Å². The van der Waals surface area contributed by atoms with Crippen LogP contribution in [0.4, 0.5) is 10.5 Å². The summed E-state index contributed by atoms with van der Waals surface area (Å²) in [6, 6.07) is 6.62. The third-order valence-corrected chi connectivity index (χ3v) is 2.30. The van der Waals surface area contributed by atoms with E-state index in [2.05, 4.69) is 0 Å². The van der Waals surface area contributed by atoms with Gasteiger partial charge in [-0.15, -0.1) is 0 Å². The maximum absolute atomic E-state index is 12.0. The Morgan fingerprint density at radius 3 is 2.22 bits per heavy atom. The van der Waals surface area contributed by atoms with Gasteiger partial charge in [0.25, 0.3) is 0 Å². The lowest BCUT2D eigenvalue weighted by Crippen LogP contribution is -2.40. The molecule has 0 heterocycles. The fourth-order valence-corrected chi connectivity index (χ4v) is 1.56. The molecule has 1 aromatic rings. The third kappa shape index (κ3) is 3.74. The van der Waals surface area contributed by atoms with E-state index >= 15 is 0 Å². The third-order valence-electron chi connectivity index (χ3n) is 1.98. The number of para-hydroxylation sites is 1. The molecule has 0 saturated heterocycles. The predicted octanol–water partition coefficient (Wildman–Crippen LogP) is 3.63. The monoisotopic (exact) mass is 269 g/mol. The predicted molar refractivity (Wildman–Crippen MR) is 70.8 cm³/mol. The molecule has 0 bridgehead atoms. The van der Waals surface area contributed by atoms with Crippen LogP contribution < -0.4 is 4.90 Å². The highest BCUT2D eigenvalue weighted by atomic mass is 35.5. The second kappa shape index (κ2) is 5.40. The number of rotatable bonds is 1. The lowest BCUT2D eigenvalue weighted by molar-refractivity contribution is -0.116. The van der Waals surface area contributed by atoms with Crippen molar-refractivity contribution in [3.63, 3.8) is 0 Å². The van der Waals surface area contributed by atoms with Crippen molar-refractivity contribution in [3.05, 3.63) is 29.3 Å². The second-order valence-corrected chi connectivity index (χ2v) is 5.19. The van der Waals surface area contributed by atoms with Gasteiger partial charge in [-0.05, 0) is 32.9 Å². The Morgan fingerprint density at radius 2 is 1.78 bits per heavy atom. The van der Waals surface area contributed by atoms with Gasteiger partial charge in [-0.3, -0.25) is 4.79 Å². The summed E-state index contributed by atoms with van der Waals surface area (Å²) < 4.78 is 5.18. The Labute approximate surface area is 111 Å². The smallest absolute Gasteiger partial charge is 0.421 e. The number of nitrogens with zero attached hydrogens (tertiary/aromatic N) is 1. The zero-order chi connectivity index (χ0) is 13.9. The minimum Gasteiger partial charge on any atom is -0.443 e. The van der Waals surface area contributed by atoms with Crippen LogP contribution in [0.2, 0.25) is 5.02 Å². The summed E-state index contributed by atoms with van der Waals surface area (Å²) in [6.07, 6.45) is -0.733. The normalized spacial score (nSPS) is 10.9. The molecule has 0 N–H and O–H groups in total. The van der Waals surface area contributed by atoms with Gasteiger partial charge in [-0.1, -0.05) is 23.7 Å². The van der Waals surface area contributed by atoms with E-state index in [0.717, 1.165) is 4.90 Å². The van der Waals surface area contributed by atoms with Crippen molar-refractivity contribution in [1.29, 1.82) is 0 Å². The number of benzene rings is 1. The molecule has 0 atom stereocenters. The zero-order valence-electron chi connectivity index (χ0n) is 10.9. The summed E-state index contributed by atoms with van der Waals surface area (Å²) in [7, 11) is 0. The van der Waals surface area contributed by atoms with Gasteiger partial charge in [0.05, 0.1) is 10.7 Å². The average Bonchev–Trinajstić information content (AvgIpc) is 2.17. The Kier molecular flexibility index (Phi) is 4.35. The minimum atomic E-state index is -0.733. The van der Waals surface area contributed by atoms with Gasteiger partial charge >= 0.3 is 6.09 Å². The van der Waals surface area contributed by atoms with Crippen molar-refractivity contribution < 1.29 is 14.3 Å². The molecule has 0 aliphatic rings. The molecule has 0 unspecified atom stereocenters. The molecule has 18 heavy (non-hydrogen) atoms. The highest BCUT2D eigenvalue weighted by molar-refractivity contribution is 6.34. The van der Waals surface area contributed by atoms with E-state index in [9.17, 15) is 9.59 Å². The van der Waals surface area contributed by atoms with Gasteiger partial charge in [0.2, 0.25) is 5.91 Å². The Balaban J connectivity index is 3.09.